The number of nitrogens with two attached hydrogens (primary N) is 1. The lowest BCUT2D eigenvalue weighted by Gasteiger charge is -2.19. The molecule has 1 unspecified atom stereocenters. The highest BCUT2D eigenvalue weighted by atomic mass is 127. The fraction of sp³-hybridized carbons (Fsp3) is 0.357. The molecule has 4 nitrogen and oxygen atoms in total. The number of hydrazine groups is 1. The highest BCUT2D eigenvalue weighted by molar-refractivity contribution is 14.1. The molecule has 1 aromatic carbocycles. The minimum Gasteiger partial charge on any atom is -0.272 e. The molecule has 0 spiro atoms. The third kappa shape index (κ3) is 3.16. The van der Waals surface area contributed by atoms with Crippen molar-refractivity contribution in [3.05, 3.63) is 50.4 Å². The third-order valence-electron chi connectivity index (χ3n) is 3.31. The molecule has 0 aliphatic rings. The van der Waals surface area contributed by atoms with Crippen LogP contribution in [-0.4, -0.2) is 9.78 Å². The Labute approximate surface area is 127 Å². The quantitative estimate of drug-likeness (QED) is 0.494. The van der Waals surface area contributed by atoms with Gasteiger partial charge in [0.15, 0.2) is 0 Å². The number of nitrogens with one attached hydrogen (secondary N) is 1. The zero-order valence-corrected chi connectivity index (χ0v) is 13.6. The number of rotatable bonds is 4. The van der Waals surface area contributed by atoms with Crippen molar-refractivity contribution >= 4 is 22.6 Å². The van der Waals surface area contributed by atoms with Gasteiger partial charge in [-0.1, -0.05) is 18.2 Å². The van der Waals surface area contributed by atoms with Crippen LogP contribution in [0.1, 0.15) is 28.6 Å². The van der Waals surface area contributed by atoms with Gasteiger partial charge < -0.3 is 0 Å². The molecule has 0 saturated carbocycles. The van der Waals surface area contributed by atoms with Gasteiger partial charge in [-0.3, -0.25) is 16.0 Å². The molecule has 0 fully saturated rings. The number of hydrogen-bond donors (Lipinski definition) is 2. The number of halogens is 1. The Hall–Kier alpha value is -0.920. The van der Waals surface area contributed by atoms with E-state index in [0.29, 0.717) is 0 Å². The van der Waals surface area contributed by atoms with E-state index >= 15 is 0 Å². The predicted octanol–water partition coefficient (Wildman–Crippen LogP) is 2.39. The van der Waals surface area contributed by atoms with Gasteiger partial charge in [0.25, 0.3) is 0 Å². The van der Waals surface area contributed by atoms with Crippen LogP contribution in [0.4, 0.5) is 0 Å². The zero-order chi connectivity index (χ0) is 14.0. The Morgan fingerprint density at radius 3 is 2.74 bits per heavy atom. The predicted molar refractivity (Wildman–Crippen MR) is 85.6 cm³/mol. The summed E-state index contributed by atoms with van der Waals surface area (Å²) in [5, 5.41) is 4.38. The largest absolute Gasteiger partial charge is 0.272 e. The van der Waals surface area contributed by atoms with E-state index in [9.17, 15) is 0 Å². The van der Waals surface area contributed by atoms with Gasteiger partial charge in [-0.05, 0) is 53.6 Å². The number of hydrogen-bond acceptors (Lipinski definition) is 3. The first kappa shape index (κ1) is 14.5. The monoisotopic (exact) mass is 370 g/mol. The second-order valence-corrected chi connectivity index (χ2v) is 5.88. The number of nitrogens with zero attached hydrogens (tertiary/aromatic N) is 2. The van der Waals surface area contributed by atoms with E-state index in [1.807, 2.05) is 18.7 Å². The molecular formula is C14H19IN4. The van der Waals surface area contributed by atoms with Crippen molar-refractivity contribution in [2.24, 2.45) is 12.9 Å². The van der Waals surface area contributed by atoms with E-state index in [1.165, 1.54) is 20.4 Å². The molecule has 0 bridgehead atoms. The lowest BCUT2D eigenvalue weighted by Crippen LogP contribution is -2.30. The normalized spacial score (nSPS) is 12.7. The van der Waals surface area contributed by atoms with Gasteiger partial charge >= 0.3 is 0 Å². The molecule has 0 aliphatic carbocycles. The molecule has 102 valence electrons. The summed E-state index contributed by atoms with van der Waals surface area (Å²) in [5.41, 5.74) is 7.65. The maximum absolute atomic E-state index is 5.75. The standard InChI is InChI=1S/C14H19IN4/c1-9-5-4-6-12(14(9)15)13(17-16)8-11-7-10(2)18-19(11)3/h4-7,13,17H,8,16H2,1-3H3. The highest BCUT2D eigenvalue weighted by Crippen LogP contribution is 2.25. The van der Waals surface area contributed by atoms with Crippen LogP contribution in [0.25, 0.3) is 0 Å². The number of aromatic nitrogens is 2. The summed E-state index contributed by atoms with van der Waals surface area (Å²) < 4.78 is 3.18. The Balaban J connectivity index is 2.30. The first-order valence-electron chi connectivity index (χ1n) is 6.23. The Morgan fingerprint density at radius 2 is 2.16 bits per heavy atom. The number of aryl methyl sites for hydroxylation is 3. The summed E-state index contributed by atoms with van der Waals surface area (Å²) in [5.74, 6) is 5.75. The van der Waals surface area contributed by atoms with Crippen LogP contribution >= 0.6 is 22.6 Å². The van der Waals surface area contributed by atoms with Gasteiger partial charge in [-0.15, -0.1) is 0 Å². The van der Waals surface area contributed by atoms with Gasteiger partial charge in [-0.25, -0.2) is 0 Å². The molecule has 1 heterocycles. The van der Waals surface area contributed by atoms with Crippen LogP contribution < -0.4 is 11.3 Å². The zero-order valence-electron chi connectivity index (χ0n) is 11.4. The Kier molecular flexibility index (Phi) is 4.59. The van der Waals surface area contributed by atoms with Crippen LogP contribution in [0.2, 0.25) is 0 Å². The van der Waals surface area contributed by atoms with Crippen molar-refractivity contribution in [2.75, 3.05) is 0 Å². The molecule has 0 amide bonds. The van der Waals surface area contributed by atoms with Crippen molar-refractivity contribution in [3.63, 3.8) is 0 Å². The minimum atomic E-state index is 0.0987. The van der Waals surface area contributed by atoms with E-state index in [4.69, 9.17) is 5.84 Å². The SMILES string of the molecule is Cc1cc(CC(NN)c2cccc(C)c2I)n(C)n1. The first-order chi connectivity index (χ1) is 9.02. The average molecular weight is 370 g/mol. The Bertz CT molecular complexity index is 577. The second-order valence-electron chi connectivity index (χ2n) is 4.80. The van der Waals surface area contributed by atoms with E-state index in [2.05, 4.69) is 64.3 Å². The summed E-state index contributed by atoms with van der Waals surface area (Å²) in [4.78, 5) is 0. The molecule has 1 aromatic heterocycles. The molecule has 2 aromatic rings. The van der Waals surface area contributed by atoms with Crippen molar-refractivity contribution in [1.29, 1.82) is 0 Å². The van der Waals surface area contributed by atoms with Crippen molar-refractivity contribution in [3.8, 4) is 0 Å². The van der Waals surface area contributed by atoms with E-state index < -0.39 is 0 Å². The van der Waals surface area contributed by atoms with Crippen LogP contribution in [0, 0.1) is 17.4 Å². The summed E-state index contributed by atoms with van der Waals surface area (Å²) in [7, 11) is 1.97. The molecule has 5 heteroatoms. The van der Waals surface area contributed by atoms with Crippen molar-refractivity contribution < 1.29 is 0 Å². The van der Waals surface area contributed by atoms with Crippen LogP contribution in [0.15, 0.2) is 24.3 Å². The van der Waals surface area contributed by atoms with Crippen molar-refractivity contribution in [2.45, 2.75) is 26.3 Å². The second kappa shape index (κ2) is 6.02. The number of benzene rings is 1. The molecule has 0 radical (unpaired) electrons. The van der Waals surface area contributed by atoms with Gasteiger partial charge in [0.05, 0.1) is 11.7 Å². The summed E-state index contributed by atoms with van der Waals surface area (Å²) in [6, 6.07) is 8.52. The third-order valence-corrected chi connectivity index (χ3v) is 4.78. The highest BCUT2D eigenvalue weighted by Gasteiger charge is 2.16. The molecule has 3 N–H and O–H groups in total. The topological polar surface area (TPSA) is 55.9 Å². The average Bonchev–Trinajstić information content (AvgIpc) is 2.68. The fourth-order valence-electron chi connectivity index (χ4n) is 2.26. The molecular weight excluding hydrogens is 351 g/mol. The van der Waals surface area contributed by atoms with Crippen LogP contribution in [0.3, 0.4) is 0 Å². The lowest BCUT2D eigenvalue weighted by atomic mass is 10.0. The summed E-state index contributed by atoms with van der Waals surface area (Å²) >= 11 is 2.38. The van der Waals surface area contributed by atoms with Gasteiger partial charge in [0.2, 0.25) is 0 Å². The molecule has 0 aliphatic heterocycles. The Morgan fingerprint density at radius 1 is 1.42 bits per heavy atom. The smallest absolute Gasteiger partial charge is 0.0596 e. The minimum absolute atomic E-state index is 0.0987. The van der Waals surface area contributed by atoms with E-state index in [0.717, 1.165) is 12.1 Å². The molecule has 1 atom stereocenters. The first-order valence-corrected chi connectivity index (χ1v) is 7.31. The maximum Gasteiger partial charge on any atom is 0.0596 e. The summed E-state index contributed by atoms with van der Waals surface area (Å²) in [6.07, 6.45) is 0.827. The van der Waals surface area contributed by atoms with Gasteiger partial charge in [0, 0.05) is 22.7 Å². The maximum atomic E-state index is 5.75. The van der Waals surface area contributed by atoms with Crippen LogP contribution in [-0.2, 0) is 13.5 Å². The van der Waals surface area contributed by atoms with Crippen molar-refractivity contribution in [1.82, 2.24) is 15.2 Å². The van der Waals surface area contributed by atoms with Gasteiger partial charge in [-0.2, -0.15) is 5.10 Å². The van der Waals surface area contributed by atoms with E-state index in [-0.39, 0.29) is 6.04 Å². The molecule has 19 heavy (non-hydrogen) atoms. The fourth-order valence-corrected chi connectivity index (χ4v) is 3.00. The summed E-state index contributed by atoms with van der Waals surface area (Å²) in [6.45, 7) is 4.12. The molecule has 2 rings (SSSR count). The molecule has 0 saturated heterocycles. The van der Waals surface area contributed by atoms with Gasteiger partial charge in [0.1, 0.15) is 0 Å². The van der Waals surface area contributed by atoms with Crippen LogP contribution in [0.5, 0.6) is 0 Å². The lowest BCUT2D eigenvalue weighted by molar-refractivity contribution is 0.528. The van der Waals surface area contributed by atoms with E-state index in [1.54, 1.807) is 0 Å².